The van der Waals surface area contributed by atoms with E-state index >= 15 is 0 Å². The van der Waals surface area contributed by atoms with E-state index in [1.54, 1.807) is 0 Å². The first-order valence-corrected chi connectivity index (χ1v) is 3.74. The quantitative estimate of drug-likeness (QED) is 0.596. The van der Waals surface area contributed by atoms with Crippen molar-refractivity contribution in [2.45, 2.75) is 19.3 Å². The number of hydrogen-bond acceptors (Lipinski definition) is 2. The largest absolute Gasteiger partial charge is 0.316 e. The molecular weight excluding hydrogens is 128 g/mol. The first-order chi connectivity index (χ1) is 4.79. The van der Waals surface area contributed by atoms with Crippen LogP contribution in [0.4, 0.5) is 0 Å². The van der Waals surface area contributed by atoms with Crippen molar-refractivity contribution in [1.29, 1.82) is 0 Å². The average Bonchev–Trinajstić information content (AvgIpc) is 1.88. The molecule has 1 unspecified atom stereocenters. The monoisotopic (exact) mass is 141 g/mol. The van der Waals surface area contributed by atoms with Gasteiger partial charge in [0.25, 0.3) is 0 Å². The molecule has 0 bridgehead atoms. The maximum Gasteiger partial charge on any atom is 0.238 e. The molecule has 0 aromatic heterocycles. The maximum absolute atomic E-state index is 10.4. The van der Waals surface area contributed by atoms with Crippen LogP contribution >= 0.6 is 0 Å². The third-order valence-corrected chi connectivity index (χ3v) is 1.87. The zero-order valence-electron chi connectivity index (χ0n) is 6.02. The Labute approximate surface area is 61.0 Å². The molecule has 1 heterocycles. The van der Waals surface area contributed by atoms with E-state index in [4.69, 9.17) is 5.73 Å². The Morgan fingerprint density at radius 2 is 2.50 bits per heavy atom. The van der Waals surface area contributed by atoms with Crippen molar-refractivity contribution in [2.24, 2.45) is 5.92 Å². The van der Waals surface area contributed by atoms with Gasteiger partial charge in [-0.1, -0.05) is 0 Å². The Morgan fingerprint density at radius 3 is 3.00 bits per heavy atom. The number of piperidine rings is 1. The third-order valence-electron chi connectivity index (χ3n) is 1.87. The number of carbonyl (C=O) groups excluding carboxylic acids is 1. The van der Waals surface area contributed by atoms with Crippen LogP contribution in [0.2, 0.25) is 0 Å². The van der Waals surface area contributed by atoms with Gasteiger partial charge in [-0.15, -0.1) is 0 Å². The topological polar surface area (TPSA) is 52.9 Å². The number of nitrogens with one attached hydrogen (secondary N) is 2. The van der Waals surface area contributed by atoms with Crippen LogP contribution in [-0.4, -0.2) is 19.0 Å². The van der Waals surface area contributed by atoms with Crippen molar-refractivity contribution in [1.82, 2.24) is 11.1 Å². The summed E-state index contributed by atoms with van der Waals surface area (Å²) in [6, 6.07) is 0. The van der Waals surface area contributed by atoms with Crippen molar-refractivity contribution in [2.75, 3.05) is 13.1 Å². The van der Waals surface area contributed by atoms with Crippen molar-refractivity contribution < 1.29 is 4.79 Å². The van der Waals surface area contributed by atoms with E-state index in [2.05, 4.69) is 5.32 Å². The van der Waals surface area contributed by atoms with Gasteiger partial charge in [0.05, 0.1) is 0 Å². The van der Waals surface area contributed by atoms with E-state index in [9.17, 15) is 4.79 Å². The van der Waals surface area contributed by atoms with E-state index in [1.165, 1.54) is 0 Å². The highest BCUT2D eigenvalue weighted by atomic mass is 16.1. The summed E-state index contributed by atoms with van der Waals surface area (Å²) in [6.07, 6.45) is 2.70. The molecule has 10 heavy (non-hydrogen) atoms. The summed E-state index contributed by atoms with van der Waals surface area (Å²) in [5.74, 6) is 0.00690. The lowest BCUT2D eigenvalue weighted by Gasteiger charge is -2.20. The van der Waals surface area contributed by atoms with E-state index in [0.717, 1.165) is 25.9 Å². The highest BCUT2D eigenvalue weighted by Crippen LogP contribution is 2.12. The van der Waals surface area contributed by atoms with Gasteiger partial charge in [0.1, 0.15) is 0 Å². The molecule has 57 valence electrons. The highest BCUT2D eigenvalue weighted by molar-refractivity contribution is 5.73. The minimum Gasteiger partial charge on any atom is -0.316 e. The van der Waals surface area contributed by atoms with Crippen LogP contribution in [0.3, 0.4) is 0 Å². The molecule has 1 atom stereocenters. The lowest BCUT2D eigenvalue weighted by atomic mass is 9.96. The summed E-state index contributed by atoms with van der Waals surface area (Å²) < 4.78 is 0. The van der Waals surface area contributed by atoms with E-state index < -0.39 is 5.91 Å². The van der Waals surface area contributed by atoms with Crippen LogP contribution in [0.25, 0.3) is 0 Å². The van der Waals surface area contributed by atoms with Crippen LogP contribution in [-0.2, 0) is 4.79 Å². The molecule has 3 heteroatoms. The molecule has 0 aromatic carbocycles. The van der Waals surface area contributed by atoms with Gasteiger partial charge >= 0.3 is 0 Å². The molecule has 1 amide bonds. The normalized spacial score (nSPS) is 26.2. The zero-order chi connectivity index (χ0) is 7.40. The second kappa shape index (κ2) is 3.56. The fourth-order valence-corrected chi connectivity index (χ4v) is 1.36. The molecule has 1 aliphatic rings. The lowest BCUT2D eigenvalue weighted by molar-refractivity contribution is -0.119. The smallest absolute Gasteiger partial charge is 0.238 e. The molecule has 1 radical (unpaired) electrons. The predicted octanol–water partition coefficient (Wildman–Crippen LogP) is 0.186. The molecule has 3 nitrogen and oxygen atoms in total. The second-order valence-electron chi connectivity index (χ2n) is 2.84. The van der Waals surface area contributed by atoms with Crippen molar-refractivity contribution >= 4 is 5.91 Å². The first kappa shape index (κ1) is 7.54. The minimum atomic E-state index is -0.422. The molecule has 1 rings (SSSR count). The number of amides is 1. The molecule has 1 aliphatic heterocycles. The number of carbonyl (C=O) groups is 1. The Bertz CT molecular complexity index is 119. The number of hydrogen-bond donors (Lipinski definition) is 1. The van der Waals surface area contributed by atoms with Crippen LogP contribution in [0.1, 0.15) is 19.3 Å². The molecule has 0 aromatic rings. The third kappa shape index (κ3) is 2.35. The molecule has 0 spiro atoms. The molecule has 0 aliphatic carbocycles. The average molecular weight is 141 g/mol. The van der Waals surface area contributed by atoms with Gasteiger partial charge in [-0.25, -0.2) is 0 Å². The highest BCUT2D eigenvalue weighted by Gasteiger charge is 2.14. The fraction of sp³-hybridized carbons (Fsp3) is 0.857. The summed E-state index contributed by atoms with van der Waals surface area (Å²) in [4.78, 5) is 10.4. The van der Waals surface area contributed by atoms with Gasteiger partial charge < -0.3 is 5.32 Å². The Kier molecular flexibility index (Phi) is 2.68. The van der Waals surface area contributed by atoms with Gasteiger partial charge in [0.2, 0.25) is 5.91 Å². The summed E-state index contributed by atoms with van der Waals surface area (Å²) >= 11 is 0. The fourth-order valence-electron chi connectivity index (χ4n) is 1.36. The summed E-state index contributed by atoms with van der Waals surface area (Å²) in [5.41, 5.74) is 6.75. The van der Waals surface area contributed by atoms with E-state index in [-0.39, 0.29) is 0 Å². The Morgan fingerprint density at radius 1 is 1.70 bits per heavy atom. The van der Waals surface area contributed by atoms with Crippen LogP contribution < -0.4 is 11.1 Å². The SMILES string of the molecule is [NH]C(=O)CC1CCCNC1. The summed E-state index contributed by atoms with van der Waals surface area (Å²) in [5, 5.41) is 3.20. The zero-order valence-corrected chi connectivity index (χ0v) is 6.02. The summed E-state index contributed by atoms with van der Waals surface area (Å²) in [7, 11) is 0. The molecule has 0 saturated carbocycles. The van der Waals surface area contributed by atoms with Crippen molar-refractivity contribution in [3.8, 4) is 0 Å². The van der Waals surface area contributed by atoms with Crippen LogP contribution in [0, 0.1) is 5.92 Å². The minimum absolute atomic E-state index is 0.422. The van der Waals surface area contributed by atoms with Crippen LogP contribution in [0.15, 0.2) is 0 Å². The van der Waals surface area contributed by atoms with Gasteiger partial charge in [-0.2, -0.15) is 0 Å². The van der Waals surface area contributed by atoms with Crippen molar-refractivity contribution in [3.63, 3.8) is 0 Å². The molecule has 1 fully saturated rings. The Balaban J connectivity index is 2.19. The maximum atomic E-state index is 10.4. The van der Waals surface area contributed by atoms with Gasteiger partial charge in [-0.3, -0.25) is 10.5 Å². The summed E-state index contributed by atoms with van der Waals surface area (Å²) in [6.45, 7) is 1.99. The van der Waals surface area contributed by atoms with E-state index in [1.807, 2.05) is 0 Å². The van der Waals surface area contributed by atoms with Gasteiger partial charge in [0, 0.05) is 6.42 Å². The standard InChI is InChI=1S/C7H13N2O/c8-7(10)4-6-2-1-3-9-5-6/h6,8-9H,1-5H2. The molecule has 1 saturated heterocycles. The molecule has 2 N–H and O–H groups in total. The molecular formula is C7H13N2O. The van der Waals surface area contributed by atoms with Crippen molar-refractivity contribution in [3.05, 3.63) is 0 Å². The second-order valence-corrected chi connectivity index (χ2v) is 2.84. The number of rotatable bonds is 2. The Hall–Kier alpha value is -0.570. The first-order valence-electron chi connectivity index (χ1n) is 3.74. The predicted molar refractivity (Wildman–Crippen MR) is 38.3 cm³/mol. The van der Waals surface area contributed by atoms with E-state index in [0.29, 0.717) is 12.3 Å². The van der Waals surface area contributed by atoms with Crippen LogP contribution in [0.5, 0.6) is 0 Å². The van der Waals surface area contributed by atoms with Gasteiger partial charge in [-0.05, 0) is 31.8 Å². The van der Waals surface area contributed by atoms with Gasteiger partial charge in [0.15, 0.2) is 0 Å². The lowest BCUT2D eigenvalue weighted by Crippen LogP contribution is -2.31.